The van der Waals surface area contributed by atoms with Crippen molar-refractivity contribution in [3.63, 3.8) is 0 Å². The Morgan fingerprint density at radius 1 is 0.667 bits per heavy atom. The largest absolute Gasteiger partial charge is 0.289 e. The second-order valence-corrected chi connectivity index (χ2v) is 13.8. The van der Waals surface area contributed by atoms with Crippen LogP contribution in [0.2, 0.25) is 0 Å². The molecule has 4 aliphatic carbocycles. The van der Waals surface area contributed by atoms with Gasteiger partial charge in [-0.3, -0.25) is 9.59 Å². The summed E-state index contributed by atoms with van der Waals surface area (Å²) in [6.45, 7) is 12.9. The topological polar surface area (TPSA) is 34.1 Å². The zero-order valence-corrected chi connectivity index (χ0v) is 23.7. The molecule has 0 aromatic rings. The lowest BCUT2D eigenvalue weighted by Crippen LogP contribution is -2.29. The van der Waals surface area contributed by atoms with Crippen molar-refractivity contribution in [2.75, 3.05) is 0 Å². The number of rotatable bonds is 4. The summed E-state index contributed by atoms with van der Waals surface area (Å²) < 4.78 is 0. The smallest absolute Gasteiger partial charge is 0.185 e. The SMILES string of the molecule is CC(C)(C)C1=CC(CC=C2C=C(C3CCCCC3)C(=O)C(C3CCCCC3)=C2)C=C(C(C)(C)C)C1=O. The fraction of sp³-hybridized carbons (Fsp3) is 0.647. The third kappa shape index (κ3) is 6.12. The van der Waals surface area contributed by atoms with Crippen molar-refractivity contribution in [1.29, 1.82) is 0 Å². The molecule has 0 radical (unpaired) electrons. The monoisotopic (exact) mass is 488 g/mol. The summed E-state index contributed by atoms with van der Waals surface area (Å²) in [5.41, 5.74) is 4.91. The van der Waals surface area contributed by atoms with Gasteiger partial charge in [0.05, 0.1) is 0 Å². The summed E-state index contributed by atoms with van der Waals surface area (Å²) in [4.78, 5) is 27.0. The lowest BCUT2D eigenvalue weighted by Gasteiger charge is -2.33. The number of carbonyl (C=O) groups excluding carboxylic acids is 2. The Morgan fingerprint density at radius 3 is 1.47 bits per heavy atom. The molecule has 0 unspecified atom stereocenters. The molecule has 0 spiro atoms. The van der Waals surface area contributed by atoms with E-state index in [1.807, 2.05) is 0 Å². The van der Waals surface area contributed by atoms with E-state index in [4.69, 9.17) is 0 Å². The normalized spacial score (nSPS) is 23.8. The van der Waals surface area contributed by atoms with Crippen LogP contribution in [0.5, 0.6) is 0 Å². The maximum atomic E-state index is 13.7. The van der Waals surface area contributed by atoms with Gasteiger partial charge in [-0.25, -0.2) is 0 Å². The first-order valence-electron chi connectivity index (χ1n) is 14.6. The average molecular weight is 489 g/mol. The predicted molar refractivity (Wildman–Crippen MR) is 151 cm³/mol. The van der Waals surface area contributed by atoms with Crippen molar-refractivity contribution in [2.45, 2.75) is 112 Å². The highest BCUT2D eigenvalue weighted by Gasteiger charge is 2.35. The molecule has 0 heterocycles. The van der Waals surface area contributed by atoms with Crippen molar-refractivity contribution in [3.05, 3.63) is 58.2 Å². The van der Waals surface area contributed by atoms with E-state index in [0.29, 0.717) is 17.6 Å². The van der Waals surface area contributed by atoms with E-state index in [0.717, 1.165) is 54.4 Å². The molecular weight excluding hydrogens is 440 g/mol. The second kappa shape index (κ2) is 10.8. The molecule has 2 saturated carbocycles. The van der Waals surface area contributed by atoms with Gasteiger partial charge < -0.3 is 0 Å². The van der Waals surface area contributed by atoms with Gasteiger partial charge in [0.2, 0.25) is 0 Å². The van der Waals surface area contributed by atoms with Gasteiger partial charge in [-0.2, -0.15) is 0 Å². The van der Waals surface area contributed by atoms with Crippen molar-refractivity contribution in [1.82, 2.24) is 0 Å². The highest BCUT2D eigenvalue weighted by Crippen LogP contribution is 2.42. The standard InChI is InChI=1S/C34H48O2/c1-33(2,3)29-21-24(22-30(32(29)36)34(4,5)6)18-17-23-19-27(25-13-9-7-10-14-25)31(35)28(20-23)26-15-11-8-12-16-26/h17,19-22,24-26H,7-16,18H2,1-6H3. The molecule has 4 rings (SSSR count). The van der Waals surface area contributed by atoms with Crippen LogP contribution in [0.4, 0.5) is 0 Å². The minimum Gasteiger partial charge on any atom is -0.289 e. The molecule has 0 aromatic carbocycles. The molecule has 0 N–H and O–H groups in total. The predicted octanol–water partition coefficient (Wildman–Crippen LogP) is 9.04. The van der Waals surface area contributed by atoms with E-state index in [1.165, 1.54) is 44.1 Å². The van der Waals surface area contributed by atoms with Crippen LogP contribution in [0.15, 0.2) is 58.2 Å². The van der Waals surface area contributed by atoms with Crippen LogP contribution >= 0.6 is 0 Å². The number of ketones is 2. The molecule has 2 heteroatoms. The number of Topliss-reactive ketones (excluding diaryl/α,β-unsaturated/α-hetero) is 2. The van der Waals surface area contributed by atoms with Crippen LogP contribution in [0.25, 0.3) is 0 Å². The van der Waals surface area contributed by atoms with E-state index in [-0.39, 0.29) is 22.5 Å². The maximum absolute atomic E-state index is 13.7. The van der Waals surface area contributed by atoms with E-state index in [1.54, 1.807) is 0 Å². The van der Waals surface area contributed by atoms with Crippen molar-refractivity contribution in [3.8, 4) is 0 Å². The fourth-order valence-corrected chi connectivity index (χ4v) is 6.61. The van der Waals surface area contributed by atoms with Crippen LogP contribution in [0.1, 0.15) is 112 Å². The Kier molecular flexibility index (Phi) is 8.13. The Morgan fingerprint density at radius 2 is 1.08 bits per heavy atom. The first kappa shape index (κ1) is 27.1. The van der Waals surface area contributed by atoms with E-state index < -0.39 is 0 Å². The molecule has 0 bridgehead atoms. The minimum atomic E-state index is -0.174. The van der Waals surface area contributed by atoms with Crippen molar-refractivity contribution >= 4 is 11.6 Å². The zero-order valence-electron chi connectivity index (χ0n) is 23.7. The summed E-state index contributed by atoms with van der Waals surface area (Å²) in [7, 11) is 0. The summed E-state index contributed by atoms with van der Waals surface area (Å²) in [5, 5.41) is 0. The lowest BCUT2D eigenvalue weighted by molar-refractivity contribution is -0.114. The van der Waals surface area contributed by atoms with Crippen LogP contribution in [0.3, 0.4) is 0 Å². The maximum Gasteiger partial charge on any atom is 0.185 e. The molecule has 0 aromatic heterocycles. The summed E-state index contributed by atoms with van der Waals surface area (Å²) in [6, 6.07) is 0. The van der Waals surface area contributed by atoms with Gasteiger partial charge in [-0.05, 0) is 78.4 Å². The van der Waals surface area contributed by atoms with Crippen LogP contribution in [0, 0.1) is 28.6 Å². The van der Waals surface area contributed by atoms with Crippen LogP contribution < -0.4 is 0 Å². The molecule has 2 fully saturated rings. The molecule has 0 atom stereocenters. The number of allylic oxidation sites excluding steroid dienone is 10. The van der Waals surface area contributed by atoms with Gasteiger partial charge in [0.15, 0.2) is 11.6 Å². The Labute approximate surface area is 220 Å². The zero-order chi connectivity index (χ0) is 26.1. The van der Waals surface area contributed by atoms with E-state index in [9.17, 15) is 9.59 Å². The third-order valence-corrected chi connectivity index (χ3v) is 8.75. The van der Waals surface area contributed by atoms with Gasteiger partial charge >= 0.3 is 0 Å². The lowest BCUT2D eigenvalue weighted by atomic mass is 9.70. The summed E-state index contributed by atoms with van der Waals surface area (Å²) in [6.07, 6.45) is 24.3. The summed E-state index contributed by atoms with van der Waals surface area (Å²) >= 11 is 0. The first-order chi connectivity index (χ1) is 16.9. The molecule has 2 nitrogen and oxygen atoms in total. The first-order valence-corrected chi connectivity index (χ1v) is 14.6. The van der Waals surface area contributed by atoms with E-state index in [2.05, 4.69) is 71.9 Å². The molecular formula is C34H48O2. The second-order valence-electron chi connectivity index (χ2n) is 13.8. The highest BCUT2D eigenvalue weighted by atomic mass is 16.1. The molecule has 36 heavy (non-hydrogen) atoms. The van der Waals surface area contributed by atoms with Gasteiger partial charge in [-0.15, -0.1) is 0 Å². The minimum absolute atomic E-state index is 0.174. The number of hydrogen-bond donors (Lipinski definition) is 0. The fourth-order valence-electron chi connectivity index (χ4n) is 6.61. The number of carbonyl (C=O) groups is 2. The quantitative estimate of drug-likeness (QED) is 0.395. The number of hydrogen-bond acceptors (Lipinski definition) is 2. The van der Waals surface area contributed by atoms with Crippen LogP contribution in [-0.2, 0) is 9.59 Å². The molecule has 196 valence electrons. The van der Waals surface area contributed by atoms with Crippen molar-refractivity contribution in [2.24, 2.45) is 28.6 Å². The Bertz CT molecular complexity index is 942. The van der Waals surface area contributed by atoms with Gasteiger partial charge in [0.1, 0.15) is 0 Å². The Hall–Kier alpha value is -1.96. The van der Waals surface area contributed by atoms with E-state index >= 15 is 0 Å². The van der Waals surface area contributed by atoms with Gasteiger partial charge in [0, 0.05) is 22.3 Å². The third-order valence-electron chi connectivity index (χ3n) is 8.75. The molecule has 0 aliphatic heterocycles. The van der Waals surface area contributed by atoms with Gasteiger partial charge in [-0.1, -0.05) is 98.3 Å². The average Bonchev–Trinajstić information content (AvgIpc) is 2.83. The summed E-state index contributed by atoms with van der Waals surface area (Å²) in [5.74, 6) is 1.61. The van der Waals surface area contributed by atoms with Crippen molar-refractivity contribution < 1.29 is 9.59 Å². The van der Waals surface area contributed by atoms with Crippen LogP contribution in [-0.4, -0.2) is 11.6 Å². The molecule has 4 aliphatic rings. The molecule has 0 amide bonds. The molecule has 0 saturated heterocycles. The Balaban J connectivity index is 1.67. The van der Waals surface area contributed by atoms with Gasteiger partial charge in [0.25, 0.3) is 0 Å². The highest BCUT2D eigenvalue weighted by molar-refractivity contribution is 6.11.